The molecule has 0 saturated carbocycles. The van der Waals surface area contributed by atoms with Crippen LogP contribution in [0.15, 0.2) is 59.4 Å². The maximum absolute atomic E-state index is 12.5. The van der Waals surface area contributed by atoms with Gasteiger partial charge in [0.2, 0.25) is 0 Å². The highest BCUT2D eigenvalue weighted by Gasteiger charge is 2.13. The predicted octanol–water partition coefficient (Wildman–Crippen LogP) is 3.42. The first-order chi connectivity index (χ1) is 9.83. The molecule has 0 fully saturated rings. The van der Waals surface area contributed by atoms with Gasteiger partial charge in [-0.2, -0.15) is 0 Å². The summed E-state index contributed by atoms with van der Waals surface area (Å²) in [6.07, 6.45) is 0.768. The molecule has 20 heavy (non-hydrogen) atoms. The number of rotatable bonds is 4. The average molecular weight is 287 g/mol. The quantitative estimate of drug-likeness (QED) is 0.675. The van der Waals surface area contributed by atoms with Gasteiger partial charge in [-0.25, -0.2) is 4.68 Å². The summed E-state index contributed by atoms with van der Waals surface area (Å²) in [6, 6.07) is 17.6. The first-order valence-corrected chi connectivity index (χ1v) is 7.18. The molecule has 0 aliphatic heterocycles. The van der Waals surface area contributed by atoms with Gasteiger partial charge in [0, 0.05) is 12.4 Å². The van der Waals surface area contributed by atoms with Crippen LogP contribution in [-0.4, -0.2) is 15.2 Å². The van der Waals surface area contributed by atoms with Crippen LogP contribution < -0.4 is 5.56 Å². The number of para-hydroxylation sites is 2. The molecule has 2 aromatic carbocycles. The van der Waals surface area contributed by atoms with Crippen molar-refractivity contribution in [2.24, 2.45) is 0 Å². The van der Waals surface area contributed by atoms with Crippen LogP contribution in [0.2, 0.25) is 0 Å². The fourth-order valence-corrected chi connectivity index (χ4v) is 2.58. The van der Waals surface area contributed by atoms with Crippen molar-refractivity contribution >= 4 is 22.5 Å². The van der Waals surface area contributed by atoms with E-state index in [4.69, 9.17) is 11.6 Å². The van der Waals surface area contributed by atoms with Crippen molar-refractivity contribution in [3.8, 4) is 5.69 Å². The Morgan fingerprint density at radius 1 is 0.950 bits per heavy atom. The second-order valence-corrected chi connectivity index (χ2v) is 5.01. The number of halogens is 1. The first-order valence-electron chi connectivity index (χ1n) is 6.65. The van der Waals surface area contributed by atoms with E-state index in [-0.39, 0.29) is 5.56 Å². The maximum atomic E-state index is 12.5. The lowest BCUT2D eigenvalue weighted by molar-refractivity contribution is 0.539. The summed E-state index contributed by atoms with van der Waals surface area (Å²) in [5.41, 5.74) is 1.95. The lowest BCUT2D eigenvalue weighted by Gasteiger charge is -2.12. The summed E-state index contributed by atoms with van der Waals surface area (Å²) < 4.78 is 3.74. The zero-order valence-electron chi connectivity index (χ0n) is 11.0. The normalized spacial score (nSPS) is 11.1. The molecule has 0 saturated heterocycles. The Morgan fingerprint density at radius 2 is 1.65 bits per heavy atom. The van der Waals surface area contributed by atoms with E-state index < -0.39 is 0 Å². The summed E-state index contributed by atoms with van der Waals surface area (Å²) in [6.45, 7) is 0.617. The van der Waals surface area contributed by atoms with Gasteiger partial charge in [-0.3, -0.25) is 9.48 Å². The van der Waals surface area contributed by atoms with E-state index in [0.29, 0.717) is 12.4 Å². The van der Waals surface area contributed by atoms with E-state index in [1.807, 2.05) is 59.3 Å². The molecule has 0 bridgehead atoms. The lowest BCUT2D eigenvalue weighted by atomic mass is 10.2. The van der Waals surface area contributed by atoms with E-state index in [2.05, 4.69) is 0 Å². The van der Waals surface area contributed by atoms with E-state index >= 15 is 0 Å². The molecule has 0 spiro atoms. The van der Waals surface area contributed by atoms with Crippen LogP contribution in [0.5, 0.6) is 0 Å². The van der Waals surface area contributed by atoms with Crippen molar-refractivity contribution in [1.82, 2.24) is 9.36 Å². The Balaban J connectivity index is 2.30. The minimum atomic E-state index is 0.0366. The third kappa shape index (κ3) is 2.14. The number of hydrogen-bond donors (Lipinski definition) is 0. The molecule has 1 heterocycles. The van der Waals surface area contributed by atoms with Crippen LogP contribution in [-0.2, 0) is 6.54 Å². The highest BCUT2D eigenvalue weighted by atomic mass is 35.5. The topological polar surface area (TPSA) is 26.9 Å². The number of alkyl halides is 1. The highest BCUT2D eigenvalue weighted by molar-refractivity contribution is 6.17. The lowest BCUT2D eigenvalue weighted by Crippen LogP contribution is -2.22. The van der Waals surface area contributed by atoms with Gasteiger partial charge in [0.15, 0.2) is 0 Å². The van der Waals surface area contributed by atoms with Gasteiger partial charge < -0.3 is 0 Å². The predicted molar refractivity (Wildman–Crippen MR) is 82.9 cm³/mol. The van der Waals surface area contributed by atoms with Crippen molar-refractivity contribution < 1.29 is 0 Å². The third-order valence-electron chi connectivity index (χ3n) is 3.34. The number of benzene rings is 2. The molecule has 1 aromatic heterocycles. The van der Waals surface area contributed by atoms with Gasteiger partial charge >= 0.3 is 0 Å². The van der Waals surface area contributed by atoms with Crippen molar-refractivity contribution in [3.05, 3.63) is 65.0 Å². The number of fused-ring (bicyclic) bond motifs is 1. The largest absolute Gasteiger partial charge is 0.274 e. The Kier molecular flexibility index (Phi) is 3.61. The van der Waals surface area contributed by atoms with Gasteiger partial charge in [-0.15, -0.1) is 11.6 Å². The number of aromatic nitrogens is 2. The summed E-state index contributed by atoms with van der Waals surface area (Å²) in [7, 11) is 0. The van der Waals surface area contributed by atoms with Gasteiger partial charge in [-0.1, -0.05) is 30.3 Å². The van der Waals surface area contributed by atoms with Crippen molar-refractivity contribution in [1.29, 1.82) is 0 Å². The minimum Gasteiger partial charge on any atom is -0.267 e. The fourth-order valence-electron chi connectivity index (χ4n) is 2.46. The molecular formula is C16H15ClN2O. The summed E-state index contributed by atoms with van der Waals surface area (Å²) in [5, 5.41) is 0.742. The highest BCUT2D eigenvalue weighted by Crippen LogP contribution is 2.17. The van der Waals surface area contributed by atoms with Crippen LogP contribution in [0, 0.1) is 0 Å². The molecule has 3 rings (SSSR count). The zero-order valence-corrected chi connectivity index (χ0v) is 11.8. The van der Waals surface area contributed by atoms with Gasteiger partial charge in [0.05, 0.1) is 16.6 Å². The van der Waals surface area contributed by atoms with Crippen LogP contribution in [0.3, 0.4) is 0 Å². The van der Waals surface area contributed by atoms with Crippen molar-refractivity contribution in [3.63, 3.8) is 0 Å². The van der Waals surface area contributed by atoms with E-state index in [1.165, 1.54) is 0 Å². The molecule has 0 radical (unpaired) electrons. The molecule has 0 amide bonds. The Bertz CT molecular complexity index is 774. The van der Waals surface area contributed by atoms with Crippen LogP contribution in [0.25, 0.3) is 16.6 Å². The first kappa shape index (κ1) is 13.0. The average Bonchev–Trinajstić information content (AvgIpc) is 2.79. The molecule has 0 unspecified atom stereocenters. The molecule has 0 N–H and O–H groups in total. The molecule has 0 atom stereocenters. The molecular weight excluding hydrogens is 272 g/mol. The fraction of sp³-hybridized carbons (Fsp3) is 0.188. The molecule has 4 heteroatoms. The number of hydrogen-bond acceptors (Lipinski definition) is 1. The summed E-state index contributed by atoms with van der Waals surface area (Å²) in [5.74, 6) is 0.544. The summed E-state index contributed by atoms with van der Waals surface area (Å²) in [4.78, 5) is 12.5. The second-order valence-electron chi connectivity index (χ2n) is 4.64. The Labute approximate surface area is 122 Å². The van der Waals surface area contributed by atoms with Crippen LogP contribution in [0.4, 0.5) is 0 Å². The molecule has 3 aromatic rings. The minimum absolute atomic E-state index is 0.0366. The SMILES string of the molecule is O=c1c2ccccc2n(-c2ccccc2)n1CCCCl. The zero-order chi connectivity index (χ0) is 13.9. The Hall–Kier alpha value is -2.00. The number of nitrogens with zero attached hydrogens (tertiary/aromatic N) is 2. The maximum Gasteiger partial charge on any atom is 0.274 e. The standard InChI is InChI=1S/C16H15ClN2O/c17-11-6-12-18-16(20)14-9-4-5-10-15(14)19(18)13-7-2-1-3-8-13/h1-5,7-10H,6,11-12H2. The Morgan fingerprint density at radius 3 is 2.40 bits per heavy atom. The summed E-state index contributed by atoms with van der Waals surface area (Å²) >= 11 is 5.78. The van der Waals surface area contributed by atoms with Gasteiger partial charge in [0.25, 0.3) is 5.56 Å². The van der Waals surface area contributed by atoms with Crippen LogP contribution in [0.1, 0.15) is 6.42 Å². The van der Waals surface area contributed by atoms with E-state index in [9.17, 15) is 4.79 Å². The van der Waals surface area contributed by atoms with Gasteiger partial charge in [-0.05, 0) is 30.7 Å². The monoisotopic (exact) mass is 286 g/mol. The molecule has 3 nitrogen and oxygen atoms in total. The third-order valence-corrected chi connectivity index (χ3v) is 3.61. The van der Waals surface area contributed by atoms with Gasteiger partial charge in [0.1, 0.15) is 0 Å². The van der Waals surface area contributed by atoms with Crippen molar-refractivity contribution in [2.75, 3.05) is 5.88 Å². The smallest absolute Gasteiger partial charge is 0.267 e. The van der Waals surface area contributed by atoms with Crippen LogP contribution >= 0.6 is 11.6 Å². The molecule has 0 aliphatic rings. The second kappa shape index (κ2) is 5.55. The molecule has 0 aliphatic carbocycles. The van der Waals surface area contributed by atoms with E-state index in [1.54, 1.807) is 4.68 Å². The van der Waals surface area contributed by atoms with Crippen molar-refractivity contribution in [2.45, 2.75) is 13.0 Å². The van der Waals surface area contributed by atoms with E-state index in [0.717, 1.165) is 23.0 Å². The molecule has 102 valence electrons.